The molecule has 0 aliphatic heterocycles. The molecule has 0 rings (SSSR count). The second-order valence-corrected chi connectivity index (χ2v) is 4.31. The van der Waals surface area contributed by atoms with Gasteiger partial charge in [-0.1, -0.05) is 27.2 Å². The van der Waals surface area contributed by atoms with E-state index in [2.05, 4.69) is 20.8 Å². The first-order valence-electron chi connectivity index (χ1n) is 5.83. The monoisotopic (exact) mass is 202 g/mol. The van der Waals surface area contributed by atoms with Crippen LogP contribution in [0.25, 0.3) is 0 Å². The molecule has 0 aromatic rings. The lowest BCUT2D eigenvalue weighted by Crippen LogP contribution is -2.45. The average Bonchev–Trinajstić information content (AvgIpc) is 2.17. The summed E-state index contributed by atoms with van der Waals surface area (Å²) in [4.78, 5) is 0. The van der Waals surface area contributed by atoms with E-state index in [0.29, 0.717) is 12.5 Å². The first-order chi connectivity index (χ1) is 6.51. The van der Waals surface area contributed by atoms with Gasteiger partial charge in [-0.05, 0) is 32.6 Å². The summed E-state index contributed by atoms with van der Waals surface area (Å²) in [5.41, 5.74) is -0.372. The lowest BCUT2D eigenvalue weighted by atomic mass is 9.85. The molecule has 0 aromatic carbocycles. The van der Waals surface area contributed by atoms with Crippen molar-refractivity contribution in [2.45, 2.75) is 65.6 Å². The molecule has 14 heavy (non-hydrogen) atoms. The smallest absolute Gasteiger partial charge is 0.0912 e. The van der Waals surface area contributed by atoms with Crippen LogP contribution in [0, 0.1) is 5.92 Å². The van der Waals surface area contributed by atoms with Gasteiger partial charge in [0.1, 0.15) is 0 Å². The van der Waals surface area contributed by atoms with Crippen LogP contribution in [0.15, 0.2) is 0 Å². The van der Waals surface area contributed by atoms with Crippen LogP contribution in [0.2, 0.25) is 0 Å². The van der Waals surface area contributed by atoms with Gasteiger partial charge in [-0.3, -0.25) is 0 Å². The van der Waals surface area contributed by atoms with Crippen LogP contribution in [-0.4, -0.2) is 23.4 Å². The third kappa shape index (κ3) is 3.58. The molecule has 2 nitrogen and oxygen atoms in total. The van der Waals surface area contributed by atoms with Gasteiger partial charge in [0.05, 0.1) is 11.7 Å². The van der Waals surface area contributed by atoms with Crippen molar-refractivity contribution in [1.29, 1.82) is 0 Å². The van der Waals surface area contributed by atoms with Crippen molar-refractivity contribution in [2.75, 3.05) is 6.61 Å². The zero-order chi connectivity index (χ0) is 11.2. The Kier molecular flexibility index (Phi) is 6.38. The summed E-state index contributed by atoms with van der Waals surface area (Å²) in [6.07, 6.45) is 2.68. The number of rotatable bonds is 7. The maximum Gasteiger partial charge on any atom is 0.0912 e. The fourth-order valence-corrected chi connectivity index (χ4v) is 1.94. The number of hydrogen-bond acceptors (Lipinski definition) is 2. The zero-order valence-corrected chi connectivity index (χ0v) is 10.3. The van der Waals surface area contributed by atoms with Gasteiger partial charge in [-0.25, -0.2) is 0 Å². The van der Waals surface area contributed by atoms with Crippen molar-refractivity contribution in [3.05, 3.63) is 0 Å². The molecule has 3 unspecified atom stereocenters. The van der Waals surface area contributed by atoms with Crippen molar-refractivity contribution >= 4 is 0 Å². The van der Waals surface area contributed by atoms with E-state index in [-0.39, 0.29) is 11.7 Å². The molecular formula is C12H26O2. The van der Waals surface area contributed by atoms with E-state index in [0.717, 1.165) is 19.3 Å². The van der Waals surface area contributed by atoms with E-state index < -0.39 is 0 Å². The molecular weight excluding hydrogens is 176 g/mol. The largest absolute Gasteiger partial charge is 0.390 e. The summed E-state index contributed by atoms with van der Waals surface area (Å²) in [7, 11) is 0. The predicted octanol–water partition coefficient (Wildman–Crippen LogP) is 2.99. The average molecular weight is 202 g/mol. The third-order valence-corrected chi connectivity index (χ3v) is 3.08. The number of aliphatic hydroxyl groups excluding tert-OH is 1. The Hall–Kier alpha value is -0.0800. The van der Waals surface area contributed by atoms with Gasteiger partial charge in [-0.15, -0.1) is 0 Å². The molecule has 0 heterocycles. The van der Waals surface area contributed by atoms with E-state index >= 15 is 0 Å². The summed E-state index contributed by atoms with van der Waals surface area (Å²) in [5.74, 6) is 0.316. The highest BCUT2D eigenvalue weighted by Gasteiger charge is 2.34. The van der Waals surface area contributed by atoms with Gasteiger partial charge in [0.25, 0.3) is 0 Å². The molecule has 0 radical (unpaired) electrons. The Morgan fingerprint density at radius 2 is 1.86 bits per heavy atom. The van der Waals surface area contributed by atoms with Crippen LogP contribution >= 0.6 is 0 Å². The highest BCUT2D eigenvalue weighted by molar-refractivity contribution is 4.85. The van der Waals surface area contributed by atoms with Crippen LogP contribution in [0.4, 0.5) is 0 Å². The summed E-state index contributed by atoms with van der Waals surface area (Å²) >= 11 is 0. The molecule has 2 heteroatoms. The maximum absolute atomic E-state index is 10.2. The number of ether oxygens (including phenoxy) is 1. The van der Waals surface area contributed by atoms with Crippen molar-refractivity contribution in [3.8, 4) is 0 Å². The summed E-state index contributed by atoms with van der Waals surface area (Å²) in [6, 6.07) is 0. The van der Waals surface area contributed by atoms with Crippen molar-refractivity contribution in [3.63, 3.8) is 0 Å². The van der Waals surface area contributed by atoms with Gasteiger partial charge >= 0.3 is 0 Å². The van der Waals surface area contributed by atoms with E-state index in [4.69, 9.17) is 4.74 Å². The minimum atomic E-state index is -0.372. The highest BCUT2D eigenvalue weighted by atomic mass is 16.5. The number of aliphatic hydroxyl groups is 1. The molecule has 0 amide bonds. The van der Waals surface area contributed by atoms with Gasteiger partial charge in [0, 0.05) is 6.61 Å². The predicted molar refractivity (Wildman–Crippen MR) is 60.4 cm³/mol. The normalized spacial score (nSPS) is 20.1. The first-order valence-corrected chi connectivity index (χ1v) is 5.83. The Morgan fingerprint density at radius 3 is 2.21 bits per heavy atom. The van der Waals surface area contributed by atoms with Crippen LogP contribution < -0.4 is 0 Å². The Labute approximate surface area is 88.7 Å². The highest BCUT2D eigenvalue weighted by Crippen LogP contribution is 2.27. The quantitative estimate of drug-likeness (QED) is 0.687. The summed E-state index contributed by atoms with van der Waals surface area (Å²) in [5, 5.41) is 10.2. The molecule has 0 aromatic heterocycles. The van der Waals surface area contributed by atoms with Crippen LogP contribution in [0.3, 0.4) is 0 Å². The second-order valence-electron chi connectivity index (χ2n) is 4.31. The van der Waals surface area contributed by atoms with E-state index in [1.807, 2.05) is 13.8 Å². The molecule has 1 N–H and O–H groups in total. The summed E-state index contributed by atoms with van der Waals surface area (Å²) < 4.78 is 5.66. The van der Waals surface area contributed by atoms with Gasteiger partial charge < -0.3 is 9.84 Å². The molecule has 3 atom stereocenters. The molecule has 0 saturated heterocycles. The Balaban J connectivity index is 4.34. The van der Waals surface area contributed by atoms with Gasteiger partial charge in [0.2, 0.25) is 0 Å². The Bertz CT molecular complexity index is 147. The van der Waals surface area contributed by atoms with E-state index in [1.54, 1.807) is 0 Å². The molecule has 0 aliphatic carbocycles. The molecule has 0 aliphatic rings. The third-order valence-electron chi connectivity index (χ3n) is 3.08. The first kappa shape index (κ1) is 13.9. The van der Waals surface area contributed by atoms with Crippen molar-refractivity contribution < 1.29 is 9.84 Å². The number of hydrogen-bond donors (Lipinski definition) is 1. The van der Waals surface area contributed by atoms with E-state index in [9.17, 15) is 5.11 Å². The molecule has 0 saturated carbocycles. The van der Waals surface area contributed by atoms with Gasteiger partial charge in [0.15, 0.2) is 0 Å². The standard InChI is InChI=1S/C12H26O2/c1-6-9-10(4)11(13)12(5,7-2)14-8-3/h10-11,13H,6-9H2,1-5H3. The fraction of sp³-hybridized carbons (Fsp3) is 1.00. The van der Waals surface area contributed by atoms with Crippen molar-refractivity contribution in [1.82, 2.24) is 0 Å². The van der Waals surface area contributed by atoms with Gasteiger partial charge in [-0.2, -0.15) is 0 Å². The zero-order valence-electron chi connectivity index (χ0n) is 10.3. The SMILES string of the molecule is CCCC(C)C(O)C(C)(CC)OCC. The Morgan fingerprint density at radius 1 is 1.29 bits per heavy atom. The lowest BCUT2D eigenvalue weighted by molar-refractivity contribution is -0.129. The van der Waals surface area contributed by atoms with Crippen LogP contribution in [-0.2, 0) is 4.74 Å². The van der Waals surface area contributed by atoms with E-state index in [1.165, 1.54) is 0 Å². The van der Waals surface area contributed by atoms with Crippen LogP contribution in [0.1, 0.15) is 53.9 Å². The molecule has 0 bridgehead atoms. The minimum Gasteiger partial charge on any atom is -0.390 e. The lowest BCUT2D eigenvalue weighted by Gasteiger charge is -2.36. The fourth-order valence-electron chi connectivity index (χ4n) is 1.94. The summed E-state index contributed by atoms with van der Waals surface area (Å²) in [6.45, 7) is 11.0. The van der Waals surface area contributed by atoms with Crippen LogP contribution in [0.5, 0.6) is 0 Å². The molecule has 0 spiro atoms. The topological polar surface area (TPSA) is 29.5 Å². The van der Waals surface area contributed by atoms with Crippen molar-refractivity contribution in [2.24, 2.45) is 5.92 Å². The maximum atomic E-state index is 10.2. The minimum absolute atomic E-state index is 0.316. The molecule has 86 valence electrons. The second kappa shape index (κ2) is 6.41. The molecule has 0 fully saturated rings.